The van der Waals surface area contributed by atoms with Crippen LogP contribution in [0.3, 0.4) is 0 Å². The molecular formula is C20H19ClN2OS. The zero-order valence-electron chi connectivity index (χ0n) is 14.1. The van der Waals surface area contributed by atoms with Gasteiger partial charge in [0.25, 0.3) is 5.91 Å². The topological polar surface area (TPSA) is 32.3 Å². The monoisotopic (exact) mass is 370 g/mol. The minimum Gasteiger partial charge on any atom is -0.378 e. The van der Waals surface area contributed by atoms with E-state index in [0.717, 1.165) is 16.8 Å². The van der Waals surface area contributed by atoms with Crippen LogP contribution in [0.2, 0.25) is 5.02 Å². The Morgan fingerprint density at radius 3 is 2.48 bits per heavy atom. The van der Waals surface area contributed by atoms with Crippen molar-refractivity contribution in [3.63, 3.8) is 0 Å². The molecule has 1 amide bonds. The molecule has 128 valence electrons. The summed E-state index contributed by atoms with van der Waals surface area (Å²) in [4.78, 5) is 14.8. The third kappa shape index (κ3) is 4.21. The summed E-state index contributed by atoms with van der Waals surface area (Å²) in [7, 11) is 3.91. The van der Waals surface area contributed by atoms with E-state index < -0.39 is 0 Å². The Hall–Kier alpha value is -2.30. The van der Waals surface area contributed by atoms with Gasteiger partial charge in [-0.3, -0.25) is 4.79 Å². The number of hydrogen-bond donors (Lipinski definition) is 1. The molecule has 0 saturated heterocycles. The van der Waals surface area contributed by atoms with Crippen LogP contribution in [0.1, 0.15) is 27.5 Å². The van der Waals surface area contributed by atoms with Crippen LogP contribution in [0.4, 0.5) is 5.69 Å². The van der Waals surface area contributed by atoms with Gasteiger partial charge in [-0.2, -0.15) is 11.3 Å². The lowest BCUT2D eigenvalue weighted by Gasteiger charge is -2.19. The third-order valence-corrected chi connectivity index (χ3v) is 4.93. The Morgan fingerprint density at radius 2 is 1.84 bits per heavy atom. The molecule has 1 aromatic heterocycles. The van der Waals surface area contributed by atoms with Gasteiger partial charge in [0, 0.05) is 30.4 Å². The Morgan fingerprint density at radius 1 is 1.08 bits per heavy atom. The molecule has 0 aliphatic carbocycles. The number of hydrogen-bond acceptors (Lipinski definition) is 3. The van der Waals surface area contributed by atoms with Crippen LogP contribution in [-0.4, -0.2) is 20.0 Å². The number of benzene rings is 2. The molecule has 3 nitrogen and oxygen atoms in total. The molecule has 0 radical (unpaired) electrons. The van der Waals surface area contributed by atoms with Gasteiger partial charge in [0.2, 0.25) is 0 Å². The number of rotatable bonds is 5. The molecule has 0 aliphatic rings. The molecule has 1 unspecified atom stereocenters. The predicted octanol–water partition coefficient (Wildman–Crippen LogP) is 4.99. The fraction of sp³-hybridized carbons (Fsp3) is 0.150. The average Bonchev–Trinajstić information content (AvgIpc) is 3.15. The molecule has 0 fully saturated rings. The van der Waals surface area contributed by atoms with Gasteiger partial charge in [-0.15, -0.1) is 0 Å². The van der Waals surface area contributed by atoms with Crippen LogP contribution in [0.25, 0.3) is 0 Å². The Kier molecular flexibility index (Phi) is 5.41. The fourth-order valence-corrected chi connectivity index (χ4v) is 3.41. The summed E-state index contributed by atoms with van der Waals surface area (Å²) in [5.41, 5.74) is 3.69. The maximum absolute atomic E-state index is 12.8. The summed E-state index contributed by atoms with van der Waals surface area (Å²) in [6.07, 6.45) is 0. The molecule has 1 atom stereocenters. The van der Waals surface area contributed by atoms with E-state index in [2.05, 4.69) is 10.7 Å². The number of amides is 1. The van der Waals surface area contributed by atoms with Crippen LogP contribution in [0.15, 0.2) is 65.4 Å². The maximum Gasteiger partial charge on any atom is 0.252 e. The lowest BCUT2D eigenvalue weighted by atomic mass is 10.0. The Balaban J connectivity index is 1.89. The van der Waals surface area contributed by atoms with E-state index in [1.54, 1.807) is 11.3 Å². The Labute approximate surface area is 156 Å². The number of carbonyl (C=O) groups is 1. The normalized spacial score (nSPS) is 11.8. The van der Waals surface area contributed by atoms with Crippen molar-refractivity contribution in [1.29, 1.82) is 0 Å². The van der Waals surface area contributed by atoms with Crippen molar-refractivity contribution in [3.8, 4) is 0 Å². The molecular weight excluding hydrogens is 352 g/mol. The van der Waals surface area contributed by atoms with Crippen molar-refractivity contribution in [2.45, 2.75) is 6.04 Å². The molecule has 1 heterocycles. The SMILES string of the molecule is CN(C)c1cccc(C(=O)NC(c2ccc(Cl)cc2)c2ccsc2)c1. The number of nitrogens with one attached hydrogen (secondary N) is 1. The Bertz CT molecular complexity index is 844. The van der Waals surface area contributed by atoms with Crippen LogP contribution < -0.4 is 10.2 Å². The largest absolute Gasteiger partial charge is 0.378 e. The lowest BCUT2D eigenvalue weighted by Crippen LogP contribution is -2.29. The fourth-order valence-electron chi connectivity index (χ4n) is 2.59. The third-order valence-electron chi connectivity index (χ3n) is 3.98. The van der Waals surface area contributed by atoms with Gasteiger partial charge < -0.3 is 10.2 Å². The first-order valence-electron chi connectivity index (χ1n) is 7.90. The van der Waals surface area contributed by atoms with Gasteiger partial charge >= 0.3 is 0 Å². The second-order valence-corrected chi connectivity index (χ2v) is 7.18. The van der Waals surface area contributed by atoms with E-state index in [1.807, 2.05) is 79.0 Å². The molecule has 0 aliphatic heterocycles. The van der Waals surface area contributed by atoms with Crippen LogP contribution >= 0.6 is 22.9 Å². The number of halogens is 1. The minimum atomic E-state index is -0.209. The summed E-state index contributed by atoms with van der Waals surface area (Å²) < 4.78 is 0. The van der Waals surface area contributed by atoms with Gasteiger partial charge in [0.05, 0.1) is 6.04 Å². The van der Waals surface area contributed by atoms with Gasteiger partial charge in [-0.1, -0.05) is 29.8 Å². The predicted molar refractivity (Wildman–Crippen MR) is 106 cm³/mol. The highest BCUT2D eigenvalue weighted by molar-refractivity contribution is 7.08. The van der Waals surface area contributed by atoms with E-state index in [-0.39, 0.29) is 11.9 Å². The molecule has 2 aromatic carbocycles. The van der Waals surface area contributed by atoms with Crippen molar-refractivity contribution in [3.05, 3.63) is 87.1 Å². The first-order valence-corrected chi connectivity index (χ1v) is 9.22. The highest BCUT2D eigenvalue weighted by Gasteiger charge is 2.18. The van der Waals surface area contributed by atoms with E-state index in [4.69, 9.17) is 11.6 Å². The maximum atomic E-state index is 12.8. The van der Waals surface area contributed by atoms with Gasteiger partial charge in [-0.25, -0.2) is 0 Å². The van der Waals surface area contributed by atoms with E-state index >= 15 is 0 Å². The van der Waals surface area contributed by atoms with Crippen molar-refractivity contribution in [2.75, 3.05) is 19.0 Å². The molecule has 0 saturated carbocycles. The first-order chi connectivity index (χ1) is 12.0. The molecule has 5 heteroatoms. The van der Waals surface area contributed by atoms with E-state index in [0.29, 0.717) is 10.6 Å². The number of nitrogens with zero attached hydrogens (tertiary/aromatic N) is 1. The summed E-state index contributed by atoms with van der Waals surface area (Å²) >= 11 is 7.61. The van der Waals surface area contributed by atoms with Crippen molar-refractivity contribution in [2.24, 2.45) is 0 Å². The van der Waals surface area contributed by atoms with Crippen LogP contribution in [0.5, 0.6) is 0 Å². The standard InChI is InChI=1S/C20H19ClN2OS/c1-23(2)18-5-3-4-15(12-18)20(24)22-19(16-10-11-25-13-16)14-6-8-17(21)9-7-14/h3-13,19H,1-2H3,(H,22,24). The quantitative estimate of drug-likeness (QED) is 0.686. The molecule has 3 rings (SSSR count). The van der Waals surface area contributed by atoms with Crippen molar-refractivity contribution < 1.29 is 4.79 Å². The van der Waals surface area contributed by atoms with E-state index in [1.165, 1.54) is 0 Å². The lowest BCUT2D eigenvalue weighted by molar-refractivity contribution is 0.0943. The molecule has 25 heavy (non-hydrogen) atoms. The summed E-state index contributed by atoms with van der Waals surface area (Å²) in [6, 6.07) is 17.0. The summed E-state index contributed by atoms with van der Waals surface area (Å²) in [6.45, 7) is 0. The highest BCUT2D eigenvalue weighted by Crippen LogP contribution is 2.26. The first kappa shape index (κ1) is 17.5. The number of thiophene rings is 1. The zero-order valence-corrected chi connectivity index (χ0v) is 15.6. The molecule has 3 aromatic rings. The summed E-state index contributed by atoms with van der Waals surface area (Å²) in [5.74, 6) is -0.102. The number of carbonyl (C=O) groups excluding carboxylic acids is 1. The minimum absolute atomic E-state index is 0.102. The zero-order chi connectivity index (χ0) is 17.8. The van der Waals surface area contributed by atoms with Gasteiger partial charge in [0.15, 0.2) is 0 Å². The second-order valence-electron chi connectivity index (χ2n) is 5.96. The second kappa shape index (κ2) is 7.72. The summed E-state index contributed by atoms with van der Waals surface area (Å²) in [5, 5.41) is 7.88. The van der Waals surface area contributed by atoms with Gasteiger partial charge in [-0.05, 0) is 58.3 Å². The average molecular weight is 371 g/mol. The van der Waals surface area contributed by atoms with Gasteiger partial charge in [0.1, 0.15) is 0 Å². The van der Waals surface area contributed by atoms with E-state index in [9.17, 15) is 4.79 Å². The van der Waals surface area contributed by atoms with Crippen molar-refractivity contribution in [1.82, 2.24) is 5.32 Å². The number of anilines is 1. The molecule has 0 spiro atoms. The van der Waals surface area contributed by atoms with Crippen molar-refractivity contribution >= 4 is 34.5 Å². The smallest absolute Gasteiger partial charge is 0.252 e. The highest BCUT2D eigenvalue weighted by atomic mass is 35.5. The van der Waals surface area contributed by atoms with Crippen LogP contribution in [0, 0.1) is 0 Å². The molecule has 1 N–H and O–H groups in total. The molecule has 0 bridgehead atoms. The van der Waals surface area contributed by atoms with Crippen LogP contribution in [-0.2, 0) is 0 Å².